The molecule has 2 heterocycles. The lowest BCUT2D eigenvalue weighted by Gasteiger charge is -2.32. The van der Waals surface area contributed by atoms with Crippen LogP contribution in [0, 0.1) is 0 Å². The number of hydrogen-bond donors (Lipinski definition) is 1. The van der Waals surface area contributed by atoms with Crippen LogP contribution in [0.1, 0.15) is 22.6 Å². The second kappa shape index (κ2) is 8.20. The molecule has 0 spiro atoms. The van der Waals surface area contributed by atoms with Crippen LogP contribution in [0.5, 0.6) is 0 Å². The Labute approximate surface area is 190 Å². The zero-order chi connectivity index (χ0) is 24.1. The van der Waals surface area contributed by atoms with Gasteiger partial charge in [0.25, 0.3) is 0 Å². The summed E-state index contributed by atoms with van der Waals surface area (Å²) in [5.41, 5.74) is -3.02. The normalized spacial score (nSPS) is 16.8. The molecule has 0 bridgehead atoms. The zero-order valence-electron chi connectivity index (χ0n) is 16.2. The number of carbonyl (C=O) groups is 2. The Hall–Kier alpha value is -2.80. The number of benzene rings is 2. The molecule has 3 aromatic rings. The maximum atomic E-state index is 13.4. The summed E-state index contributed by atoms with van der Waals surface area (Å²) in [5, 5.41) is 7.97. The SMILES string of the molecule is O=C(O)CC1Sc2ccccc2N(Cc2nc3c(C(F)(F)F)ccc(C(F)(F)F)c3s2)C1=O. The van der Waals surface area contributed by atoms with Crippen molar-refractivity contribution in [3.8, 4) is 0 Å². The minimum atomic E-state index is -4.93. The van der Waals surface area contributed by atoms with E-state index >= 15 is 0 Å². The highest BCUT2D eigenvalue weighted by atomic mass is 32.2. The number of nitrogens with zero attached hydrogens (tertiary/aromatic N) is 2. The number of carboxylic acid groups (broad SMARTS) is 1. The fourth-order valence-electron chi connectivity index (χ4n) is 3.43. The summed E-state index contributed by atoms with van der Waals surface area (Å²) in [6.45, 7) is -0.402. The first kappa shape index (κ1) is 23.4. The fourth-order valence-corrected chi connectivity index (χ4v) is 5.76. The number of alkyl halides is 6. The van der Waals surface area contributed by atoms with Crippen LogP contribution in [-0.2, 0) is 28.5 Å². The molecule has 0 radical (unpaired) electrons. The van der Waals surface area contributed by atoms with E-state index in [4.69, 9.17) is 5.11 Å². The molecule has 1 aromatic heterocycles. The number of aromatic nitrogens is 1. The van der Waals surface area contributed by atoms with Gasteiger partial charge in [0, 0.05) is 4.90 Å². The topological polar surface area (TPSA) is 70.5 Å². The summed E-state index contributed by atoms with van der Waals surface area (Å²) in [5.74, 6) is -1.84. The standard InChI is InChI=1S/C20H12F6N2O3S2/c21-19(22,23)9-5-6-10(20(24,25)26)17-16(9)27-14(33-17)8-28-11-3-1-2-4-12(11)32-13(18(28)31)7-15(29)30/h1-6,13H,7-8H2,(H,29,30). The summed E-state index contributed by atoms with van der Waals surface area (Å²) in [4.78, 5) is 29.7. The molecule has 1 N–H and O–H groups in total. The molecule has 1 aliphatic rings. The summed E-state index contributed by atoms with van der Waals surface area (Å²) in [6, 6.07) is 7.20. The molecule has 0 saturated heterocycles. The lowest BCUT2D eigenvalue weighted by atomic mass is 10.1. The van der Waals surface area contributed by atoms with E-state index in [1.807, 2.05) is 0 Å². The van der Waals surface area contributed by atoms with Gasteiger partial charge in [-0.15, -0.1) is 23.1 Å². The second-order valence-electron chi connectivity index (χ2n) is 7.04. The van der Waals surface area contributed by atoms with Gasteiger partial charge < -0.3 is 10.0 Å². The number of carboxylic acids is 1. The van der Waals surface area contributed by atoms with Crippen LogP contribution in [0.3, 0.4) is 0 Å². The number of rotatable bonds is 4. The van der Waals surface area contributed by atoms with E-state index in [-0.39, 0.29) is 5.01 Å². The van der Waals surface area contributed by atoms with E-state index < -0.39 is 63.8 Å². The molecule has 0 saturated carbocycles. The first-order valence-corrected chi connectivity index (χ1v) is 10.9. The van der Waals surface area contributed by atoms with E-state index in [0.717, 1.165) is 16.7 Å². The molecule has 174 valence electrons. The first-order valence-electron chi connectivity index (χ1n) is 9.22. The fraction of sp³-hybridized carbons (Fsp3) is 0.250. The molecule has 1 atom stereocenters. The van der Waals surface area contributed by atoms with Crippen LogP contribution < -0.4 is 4.90 Å². The van der Waals surface area contributed by atoms with Crippen molar-refractivity contribution in [1.82, 2.24) is 4.98 Å². The van der Waals surface area contributed by atoms with E-state index in [1.165, 1.54) is 0 Å². The van der Waals surface area contributed by atoms with Gasteiger partial charge in [0.2, 0.25) is 5.91 Å². The zero-order valence-corrected chi connectivity index (χ0v) is 17.8. The predicted molar refractivity (Wildman–Crippen MR) is 109 cm³/mol. The third-order valence-electron chi connectivity index (χ3n) is 4.82. The molecule has 1 unspecified atom stereocenters. The minimum absolute atomic E-state index is 0.142. The van der Waals surface area contributed by atoms with Crippen molar-refractivity contribution in [3.63, 3.8) is 0 Å². The molecule has 4 rings (SSSR count). The summed E-state index contributed by atoms with van der Waals surface area (Å²) >= 11 is 1.46. The third-order valence-corrected chi connectivity index (χ3v) is 7.14. The van der Waals surface area contributed by atoms with Gasteiger partial charge in [-0.3, -0.25) is 9.59 Å². The highest BCUT2D eigenvalue weighted by molar-refractivity contribution is 8.01. The van der Waals surface area contributed by atoms with Gasteiger partial charge >= 0.3 is 18.3 Å². The predicted octanol–water partition coefficient (Wildman–Crippen LogP) is 5.82. The number of carbonyl (C=O) groups excluding carboxylic acids is 1. The number of hydrogen-bond acceptors (Lipinski definition) is 5. The van der Waals surface area contributed by atoms with Gasteiger partial charge in [-0.05, 0) is 24.3 Å². The molecular weight excluding hydrogens is 494 g/mol. The first-order chi connectivity index (χ1) is 15.4. The quantitative estimate of drug-likeness (QED) is 0.452. The van der Waals surface area contributed by atoms with Crippen LogP contribution in [0.2, 0.25) is 0 Å². The maximum absolute atomic E-state index is 13.4. The Bertz CT molecular complexity index is 1200. The van der Waals surface area contributed by atoms with Gasteiger partial charge in [0.05, 0.1) is 45.2 Å². The number of halogens is 6. The van der Waals surface area contributed by atoms with Gasteiger partial charge in [-0.2, -0.15) is 26.3 Å². The van der Waals surface area contributed by atoms with Gasteiger partial charge in [-0.1, -0.05) is 12.1 Å². The van der Waals surface area contributed by atoms with Gasteiger partial charge in [0.1, 0.15) is 5.01 Å². The summed E-state index contributed by atoms with van der Waals surface area (Å²) in [7, 11) is 0. The van der Waals surface area contributed by atoms with Crippen molar-refractivity contribution in [1.29, 1.82) is 0 Å². The summed E-state index contributed by atoms with van der Waals surface area (Å²) in [6.07, 6.45) is -10.3. The van der Waals surface area contributed by atoms with Crippen molar-refractivity contribution in [2.75, 3.05) is 4.90 Å². The Morgan fingerprint density at radius 2 is 1.67 bits per heavy atom. The van der Waals surface area contributed by atoms with Gasteiger partial charge in [-0.25, -0.2) is 4.98 Å². The Morgan fingerprint density at radius 1 is 1.03 bits per heavy atom. The number of thiazole rings is 1. The van der Waals surface area contributed by atoms with E-state index in [0.29, 0.717) is 34.1 Å². The summed E-state index contributed by atoms with van der Waals surface area (Å²) < 4.78 is 79.8. The molecule has 0 aliphatic carbocycles. The largest absolute Gasteiger partial charge is 0.481 e. The number of fused-ring (bicyclic) bond motifs is 2. The van der Waals surface area contributed by atoms with Crippen molar-refractivity contribution in [3.05, 3.63) is 52.5 Å². The number of thioether (sulfide) groups is 1. The monoisotopic (exact) mass is 506 g/mol. The lowest BCUT2D eigenvalue weighted by molar-refractivity contribution is -0.139. The molecule has 13 heteroatoms. The molecule has 1 aliphatic heterocycles. The van der Waals surface area contributed by atoms with E-state index in [9.17, 15) is 35.9 Å². The average Bonchev–Trinajstić information content (AvgIpc) is 3.11. The number of aliphatic carboxylic acids is 1. The lowest BCUT2D eigenvalue weighted by Crippen LogP contribution is -2.41. The van der Waals surface area contributed by atoms with Crippen LogP contribution in [0.4, 0.5) is 32.0 Å². The van der Waals surface area contributed by atoms with Crippen LogP contribution in [-0.4, -0.2) is 27.2 Å². The Balaban J connectivity index is 1.81. The Kier molecular flexibility index (Phi) is 5.81. The van der Waals surface area contributed by atoms with Crippen LogP contribution in [0.15, 0.2) is 41.3 Å². The molecule has 1 amide bonds. The minimum Gasteiger partial charge on any atom is -0.481 e. The van der Waals surface area contributed by atoms with Crippen molar-refractivity contribution in [2.45, 2.75) is 35.5 Å². The van der Waals surface area contributed by atoms with Crippen molar-refractivity contribution >= 4 is 50.9 Å². The molecule has 0 fully saturated rings. The maximum Gasteiger partial charge on any atom is 0.418 e. The van der Waals surface area contributed by atoms with E-state index in [1.54, 1.807) is 24.3 Å². The smallest absolute Gasteiger partial charge is 0.418 e. The second-order valence-corrected chi connectivity index (χ2v) is 9.37. The van der Waals surface area contributed by atoms with Crippen molar-refractivity contribution in [2.24, 2.45) is 0 Å². The van der Waals surface area contributed by atoms with Crippen molar-refractivity contribution < 1.29 is 41.0 Å². The molecule has 33 heavy (non-hydrogen) atoms. The highest BCUT2D eigenvalue weighted by Gasteiger charge is 2.40. The molecule has 2 aromatic carbocycles. The average molecular weight is 506 g/mol. The third kappa shape index (κ3) is 4.51. The van der Waals surface area contributed by atoms with Gasteiger partial charge in [0.15, 0.2) is 0 Å². The van der Waals surface area contributed by atoms with Crippen LogP contribution >= 0.6 is 23.1 Å². The Morgan fingerprint density at radius 3 is 2.30 bits per heavy atom. The molecular formula is C20H12F6N2O3S2. The molecule has 5 nitrogen and oxygen atoms in total. The number of para-hydroxylation sites is 1. The number of anilines is 1. The highest BCUT2D eigenvalue weighted by Crippen LogP contribution is 2.45. The van der Waals surface area contributed by atoms with Crippen LogP contribution in [0.25, 0.3) is 10.2 Å². The number of amides is 1. The van der Waals surface area contributed by atoms with E-state index in [2.05, 4.69) is 4.98 Å².